The Labute approximate surface area is 163 Å². The smallest absolute Gasteiger partial charge is 0.258 e. The number of hydrogen-bond acceptors (Lipinski definition) is 5. The summed E-state index contributed by atoms with van der Waals surface area (Å²) < 4.78 is 32.4. The highest BCUT2D eigenvalue weighted by Crippen LogP contribution is 2.25. The van der Waals surface area contributed by atoms with E-state index in [4.69, 9.17) is 4.52 Å². The number of carbonyl (C=O) groups excluding carboxylic acids is 1. The van der Waals surface area contributed by atoms with Gasteiger partial charge in [0.25, 0.3) is 5.91 Å². The molecule has 0 spiro atoms. The van der Waals surface area contributed by atoms with Gasteiger partial charge < -0.3 is 4.52 Å². The Hall–Kier alpha value is -2.97. The van der Waals surface area contributed by atoms with Crippen molar-refractivity contribution in [1.82, 2.24) is 9.46 Å². The molecule has 0 bridgehead atoms. The van der Waals surface area contributed by atoms with Gasteiger partial charge in [-0.05, 0) is 48.7 Å². The van der Waals surface area contributed by atoms with Gasteiger partial charge >= 0.3 is 0 Å². The maximum absolute atomic E-state index is 13.0. The first-order chi connectivity index (χ1) is 13.4. The molecule has 4 rings (SSSR count). The first kappa shape index (κ1) is 18.4. The second kappa shape index (κ2) is 7.21. The molecule has 0 saturated carbocycles. The lowest BCUT2D eigenvalue weighted by Gasteiger charge is -2.28. The van der Waals surface area contributed by atoms with Crippen LogP contribution in [0.4, 0.5) is 5.88 Å². The summed E-state index contributed by atoms with van der Waals surface area (Å²) in [4.78, 5) is 12.4. The standard InChI is InChI=1S/C20H19N3O4S/c1-14-12-19(27-22-14)21-20(24)16-6-8-18(9-7-16)28(25,26)23-11-10-15-4-2-3-5-17(15)13-23/h2-9,12H,10-11,13H2,1H3,(H,21,24). The van der Waals surface area contributed by atoms with Gasteiger partial charge in [-0.1, -0.05) is 29.4 Å². The highest BCUT2D eigenvalue weighted by molar-refractivity contribution is 7.89. The largest absolute Gasteiger partial charge is 0.338 e. The molecule has 1 aliphatic rings. The van der Waals surface area contributed by atoms with Crippen molar-refractivity contribution >= 4 is 21.8 Å². The number of amides is 1. The summed E-state index contributed by atoms with van der Waals surface area (Å²) in [5.74, 6) is -0.154. The molecule has 1 aromatic heterocycles. The minimum absolute atomic E-state index is 0.166. The number of hydrogen-bond donors (Lipinski definition) is 1. The summed E-state index contributed by atoms with van der Waals surface area (Å²) in [5, 5.41) is 6.29. The van der Waals surface area contributed by atoms with E-state index in [1.54, 1.807) is 13.0 Å². The molecule has 3 aromatic rings. The van der Waals surface area contributed by atoms with E-state index in [0.29, 0.717) is 30.8 Å². The summed E-state index contributed by atoms with van der Waals surface area (Å²) in [5.41, 5.74) is 3.19. The van der Waals surface area contributed by atoms with Crippen LogP contribution in [0.2, 0.25) is 0 Å². The number of aromatic nitrogens is 1. The molecule has 0 atom stereocenters. The summed E-state index contributed by atoms with van der Waals surface area (Å²) in [7, 11) is -3.63. The molecule has 0 radical (unpaired) electrons. The van der Waals surface area contributed by atoms with Gasteiger partial charge in [-0.15, -0.1) is 0 Å². The molecule has 0 aliphatic carbocycles. The lowest BCUT2D eigenvalue weighted by atomic mass is 10.0. The summed E-state index contributed by atoms with van der Waals surface area (Å²) in [6, 6.07) is 15.4. The van der Waals surface area contributed by atoms with E-state index in [1.165, 1.54) is 34.1 Å². The van der Waals surface area contributed by atoms with Crippen molar-refractivity contribution < 1.29 is 17.7 Å². The maximum Gasteiger partial charge on any atom is 0.258 e. The molecule has 144 valence electrons. The number of anilines is 1. The Balaban J connectivity index is 1.51. The van der Waals surface area contributed by atoms with Gasteiger partial charge in [-0.3, -0.25) is 10.1 Å². The lowest BCUT2D eigenvalue weighted by molar-refractivity contribution is 0.102. The van der Waals surface area contributed by atoms with E-state index >= 15 is 0 Å². The van der Waals surface area contributed by atoms with E-state index in [1.807, 2.05) is 24.3 Å². The predicted molar refractivity (Wildman–Crippen MR) is 103 cm³/mol. The molecule has 0 fully saturated rings. The first-order valence-corrected chi connectivity index (χ1v) is 10.3. The molecule has 1 amide bonds. The van der Waals surface area contributed by atoms with Crippen molar-refractivity contribution in [3.63, 3.8) is 0 Å². The first-order valence-electron chi connectivity index (χ1n) is 8.85. The monoisotopic (exact) mass is 397 g/mol. The molecule has 0 saturated heterocycles. The minimum Gasteiger partial charge on any atom is -0.338 e. The molecule has 2 heterocycles. The molecule has 8 heteroatoms. The van der Waals surface area contributed by atoms with Crippen LogP contribution < -0.4 is 5.32 Å². The number of nitrogens with zero attached hydrogens (tertiary/aromatic N) is 2. The van der Waals surface area contributed by atoms with E-state index in [9.17, 15) is 13.2 Å². The lowest BCUT2D eigenvalue weighted by Crippen LogP contribution is -2.35. The van der Waals surface area contributed by atoms with Gasteiger partial charge in [-0.25, -0.2) is 8.42 Å². The molecular formula is C20H19N3O4S. The number of carbonyl (C=O) groups is 1. The van der Waals surface area contributed by atoms with E-state index in [0.717, 1.165) is 5.56 Å². The van der Waals surface area contributed by atoms with Crippen molar-refractivity contribution in [3.8, 4) is 0 Å². The number of nitrogens with one attached hydrogen (secondary N) is 1. The van der Waals surface area contributed by atoms with Gasteiger partial charge in [-0.2, -0.15) is 4.31 Å². The third kappa shape index (κ3) is 3.56. The van der Waals surface area contributed by atoms with Crippen molar-refractivity contribution in [2.75, 3.05) is 11.9 Å². The Morgan fingerprint density at radius 3 is 2.50 bits per heavy atom. The molecule has 1 aliphatic heterocycles. The zero-order valence-corrected chi connectivity index (χ0v) is 16.1. The van der Waals surface area contributed by atoms with Crippen LogP contribution in [-0.2, 0) is 23.0 Å². The maximum atomic E-state index is 13.0. The van der Waals surface area contributed by atoms with Gasteiger partial charge in [0.05, 0.1) is 10.6 Å². The Morgan fingerprint density at radius 1 is 1.11 bits per heavy atom. The van der Waals surface area contributed by atoms with Gasteiger partial charge in [0.1, 0.15) is 0 Å². The number of rotatable bonds is 4. The SMILES string of the molecule is Cc1cc(NC(=O)c2ccc(S(=O)(=O)N3CCc4ccccc4C3)cc2)on1. The topological polar surface area (TPSA) is 92.5 Å². The zero-order chi connectivity index (χ0) is 19.7. The zero-order valence-electron chi connectivity index (χ0n) is 15.3. The summed E-state index contributed by atoms with van der Waals surface area (Å²) >= 11 is 0. The van der Waals surface area contributed by atoms with Crippen LogP contribution in [0.1, 0.15) is 27.2 Å². The quantitative estimate of drug-likeness (QED) is 0.731. The van der Waals surface area contributed by atoms with Gasteiger partial charge in [0.2, 0.25) is 15.9 Å². The summed E-state index contributed by atoms with van der Waals surface area (Å²) in [6.07, 6.45) is 0.687. The number of benzene rings is 2. The van der Waals surface area contributed by atoms with Crippen LogP contribution in [0.3, 0.4) is 0 Å². The molecule has 7 nitrogen and oxygen atoms in total. The molecule has 28 heavy (non-hydrogen) atoms. The predicted octanol–water partition coefficient (Wildman–Crippen LogP) is 2.98. The minimum atomic E-state index is -3.63. The Kier molecular flexibility index (Phi) is 4.74. The second-order valence-corrected chi connectivity index (χ2v) is 8.61. The van der Waals surface area contributed by atoms with Gasteiger partial charge in [0.15, 0.2) is 0 Å². The van der Waals surface area contributed by atoms with E-state index in [-0.39, 0.29) is 10.8 Å². The average Bonchev–Trinajstić information content (AvgIpc) is 3.12. The number of aryl methyl sites for hydroxylation is 1. The highest BCUT2D eigenvalue weighted by atomic mass is 32.2. The van der Waals surface area contributed by atoms with Crippen LogP contribution >= 0.6 is 0 Å². The number of sulfonamides is 1. The highest BCUT2D eigenvalue weighted by Gasteiger charge is 2.28. The molecule has 2 aromatic carbocycles. The molecular weight excluding hydrogens is 378 g/mol. The van der Waals surface area contributed by atoms with Crippen LogP contribution in [-0.4, -0.2) is 30.3 Å². The normalized spacial score (nSPS) is 14.5. The Morgan fingerprint density at radius 2 is 1.82 bits per heavy atom. The van der Waals surface area contributed by atoms with Gasteiger partial charge in [0, 0.05) is 24.7 Å². The van der Waals surface area contributed by atoms with Crippen LogP contribution in [0.25, 0.3) is 0 Å². The second-order valence-electron chi connectivity index (χ2n) is 6.67. The van der Waals surface area contributed by atoms with Crippen molar-refractivity contribution in [2.24, 2.45) is 0 Å². The average molecular weight is 397 g/mol. The van der Waals surface area contributed by atoms with Crippen LogP contribution in [0, 0.1) is 6.92 Å². The van der Waals surface area contributed by atoms with Crippen molar-refractivity contribution in [3.05, 3.63) is 77.0 Å². The molecule has 0 unspecified atom stereocenters. The number of fused-ring (bicyclic) bond motifs is 1. The molecule has 1 N–H and O–H groups in total. The fourth-order valence-corrected chi connectivity index (χ4v) is 4.63. The fourth-order valence-electron chi connectivity index (χ4n) is 3.21. The fraction of sp³-hybridized carbons (Fsp3) is 0.200. The third-order valence-corrected chi connectivity index (χ3v) is 6.57. The van der Waals surface area contributed by atoms with Crippen LogP contribution in [0.5, 0.6) is 0 Å². The summed E-state index contributed by atoms with van der Waals surface area (Å²) in [6.45, 7) is 2.54. The van der Waals surface area contributed by atoms with Crippen molar-refractivity contribution in [2.45, 2.75) is 24.8 Å². The third-order valence-electron chi connectivity index (χ3n) is 4.71. The van der Waals surface area contributed by atoms with E-state index in [2.05, 4.69) is 10.5 Å². The Bertz CT molecular complexity index is 1120. The van der Waals surface area contributed by atoms with E-state index < -0.39 is 15.9 Å². The van der Waals surface area contributed by atoms with Crippen molar-refractivity contribution in [1.29, 1.82) is 0 Å². The van der Waals surface area contributed by atoms with Crippen LogP contribution in [0.15, 0.2) is 64.0 Å².